The largest absolute Gasteiger partial charge is 0.395 e. The molecular weight excluding hydrogens is 270 g/mol. The number of aromatic nitrogens is 1. The van der Waals surface area contributed by atoms with Crippen LogP contribution in [-0.4, -0.2) is 66.4 Å². The number of aliphatic hydroxyl groups is 2. The van der Waals surface area contributed by atoms with Crippen LogP contribution in [0.15, 0.2) is 12.1 Å². The quantitative estimate of drug-likeness (QED) is 0.733. The minimum atomic E-state index is -0.296. The lowest BCUT2D eigenvalue weighted by Crippen LogP contribution is -2.36. The van der Waals surface area contributed by atoms with Crippen molar-refractivity contribution in [3.8, 4) is 0 Å². The summed E-state index contributed by atoms with van der Waals surface area (Å²) >= 11 is 5.89. The smallest absolute Gasteiger partial charge is 0.254 e. The zero-order chi connectivity index (χ0) is 14.4. The van der Waals surface area contributed by atoms with Gasteiger partial charge in [-0.1, -0.05) is 11.6 Å². The molecule has 0 fully saturated rings. The molecule has 0 saturated carbocycles. The molecule has 0 aliphatic heterocycles. The highest BCUT2D eigenvalue weighted by Crippen LogP contribution is 2.17. The van der Waals surface area contributed by atoms with Crippen LogP contribution in [0.2, 0.25) is 5.15 Å². The molecule has 0 atom stereocenters. The molecule has 1 aromatic rings. The van der Waals surface area contributed by atoms with E-state index in [0.29, 0.717) is 11.4 Å². The molecule has 1 rings (SSSR count). The van der Waals surface area contributed by atoms with Crippen molar-refractivity contribution in [1.82, 2.24) is 9.88 Å². The van der Waals surface area contributed by atoms with E-state index in [1.165, 1.54) is 11.0 Å². The Morgan fingerprint density at radius 1 is 1.26 bits per heavy atom. The van der Waals surface area contributed by atoms with Crippen LogP contribution in [0, 0.1) is 0 Å². The second-order valence-electron chi connectivity index (χ2n) is 4.17. The number of carbonyl (C=O) groups excluding carboxylic acids is 1. The van der Waals surface area contributed by atoms with E-state index in [9.17, 15) is 4.79 Å². The third-order valence-electron chi connectivity index (χ3n) is 2.51. The van der Waals surface area contributed by atoms with Gasteiger partial charge in [-0.25, -0.2) is 4.98 Å². The van der Waals surface area contributed by atoms with Crippen LogP contribution in [0.5, 0.6) is 0 Å². The number of amides is 1. The zero-order valence-electron chi connectivity index (χ0n) is 11.0. The van der Waals surface area contributed by atoms with Gasteiger partial charge in [-0.3, -0.25) is 4.79 Å². The van der Waals surface area contributed by atoms with Crippen LogP contribution in [0.3, 0.4) is 0 Å². The van der Waals surface area contributed by atoms with Gasteiger partial charge in [0.25, 0.3) is 5.91 Å². The Kier molecular flexibility index (Phi) is 6.01. The maximum atomic E-state index is 12.3. The van der Waals surface area contributed by atoms with E-state index in [1.54, 1.807) is 25.1 Å². The first-order valence-corrected chi connectivity index (χ1v) is 6.23. The van der Waals surface area contributed by atoms with Crippen molar-refractivity contribution < 1.29 is 15.0 Å². The average Bonchev–Trinajstić information content (AvgIpc) is 2.37. The van der Waals surface area contributed by atoms with Crippen LogP contribution < -0.4 is 4.90 Å². The van der Waals surface area contributed by atoms with E-state index >= 15 is 0 Å². The summed E-state index contributed by atoms with van der Waals surface area (Å²) in [6, 6.07) is 3.09. The second-order valence-corrected chi connectivity index (χ2v) is 4.56. The van der Waals surface area contributed by atoms with Crippen molar-refractivity contribution in [3.05, 3.63) is 22.8 Å². The fourth-order valence-corrected chi connectivity index (χ4v) is 1.78. The third-order valence-corrected chi connectivity index (χ3v) is 2.71. The Labute approximate surface area is 117 Å². The number of nitrogens with zero attached hydrogens (tertiary/aromatic N) is 3. The zero-order valence-corrected chi connectivity index (χ0v) is 11.8. The molecule has 0 aromatic carbocycles. The van der Waals surface area contributed by atoms with E-state index in [2.05, 4.69) is 4.98 Å². The van der Waals surface area contributed by atoms with E-state index in [-0.39, 0.29) is 37.4 Å². The Bertz CT molecular complexity index is 434. The van der Waals surface area contributed by atoms with Gasteiger partial charge in [-0.05, 0) is 12.1 Å². The summed E-state index contributed by atoms with van der Waals surface area (Å²) in [5.41, 5.74) is 0.380. The van der Waals surface area contributed by atoms with Gasteiger partial charge in [-0.15, -0.1) is 0 Å². The lowest BCUT2D eigenvalue weighted by atomic mass is 10.2. The number of hydrogen-bond donors (Lipinski definition) is 2. The van der Waals surface area contributed by atoms with Crippen LogP contribution >= 0.6 is 11.6 Å². The van der Waals surface area contributed by atoms with Crippen LogP contribution in [0.4, 0.5) is 5.82 Å². The summed E-state index contributed by atoms with van der Waals surface area (Å²) in [6.45, 7) is 0.00343. The molecule has 6 nitrogen and oxygen atoms in total. The SMILES string of the molecule is CN(C)c1cc(C(=O)N(CCO)CCO)cc(Cl)n1. The van der Waals surface area contributed by atoms with Gasteiger partial charge in [0.05, 0.1) is 13.2 Å². The fourth-order valence-electron chi connectivity index (χ4n) is 1.57. The minimum Gasteiger partial charge on any atom is -0.395 e. The molecule has 1 amide bonds. The first-order chi connectivity index (χ1) is 8.99. The van der Waals surface area contributed by atoms with Gasteiger partial charge in [0.15, 0.2) is 0 Å². The topological polar surface area (TPSA) is 76.9 Å². The molecule has 0 bridgehead atoms. The average molecular weight is 288 g/mol. The molecule has 106 valence electrons. The summed E-state index contributed by atoms with van der Waals surface area (Å²) in [6.07, 6.45) is 0. The molecular formula is C12H18ClN3O3. The van der Waals surface area contributed by atoms with Crippen molar-refractivity contribution in [2.75, 3.05) is 45.3 Å². The predicted octanol–water partition coefficient (Wildman–Crippen LogP) is 0.228. The molecule has 0 unspecified atom stereocenters. The Hall–Kier alpha value is -1.37. The fraction of sp³-hybridized carbons (Fsp3) is 0.500. The molecule has 1 heterocycles. The number of pyridine rings is 1. The van der Waals surface area contributed by atoms with E-state index in [4.69, 9.17) is 21.8 Å². The van der Waals surface area contributed by atoms with E-state index in [1.807, 2.05) is 0 Å². The Morgan fingerprint density at radius 2 is 1.84 bits per heavy atom. The van der Waals surface area contributed by atoms with Gasteiger partial charge in [0.2, 0.25) is 0 Å². The molecule has 0 saturated heterocycles. The van der Waals surface area contributed by atoms with Crippen molar-refractivity contribution in [3.63, 3.8) is 0 Å². The minimum absolute atomic E-state index is 0.162. The predicted molar refractivity (Wildman–Crippen MR) is 73.6 cm³/mol. The molecule has 19 heavy (non-hydrogen) atoms. The summed E-state index contributed by atoms with van der Waals surface area (Å²) in [4.78, 5) is 19.4. The summed E-state index contributed by atoms with van der Waals surface area (Å²) in [7, 11) is 3.60. The van der Waals surface area contributed by atoms with Crippen LogP contribution in [0.25, 0.3) is 0 Å². The maximum Gasteiger partial charge on any atom is 0.254 e. The first kappa shape index (κ1) is 15.7. The highest BCUT2D eigenvalue weighted by Gasteiger charge is 2.17. The third kappa shape index (κ3) is 4.34. The molecule has 1 aromatic heterocycles. The molecule has 2 N–H and O–H groups in total. The molecule has 7 heteroatoms. The second kappa shape index (κ2) is 7.28. The lowest BCUT2D eigenvalue weighted by molar-refractivity contribution is 0.0685. The molecule has 0 aliphatic carbocycles. The lowest BCUT2D eigenvalue weighted by Gasteiger charge is -2.21. The normalized spacial score (nSPS) is 10.4. The van der Waals surface area contributed by atoms with Gasteiger partial charge >= 0.3 is 0 Å². The van der Waals surface area contributed by atoms with Crippen LogP contribution in [0.1, 0.15) is 10.4 Å². The molecule has 0 spiro atoms. The summed E-state index contributed by atoms with van der Waals surface area (Å²) < 4.78 is 0. The number of hydrogen-bond acceptors (Lipinski definition) is 5. The van der Waals surface area contributed by atoms with Crippen LogP contribution in [-0.2, 0) is 0 Å². The van der Waals surface area contributed by atoms with Crippen molar-refractivity contribution >= 4 is 23.3 Å². The van der Waals surface area contributed by atoms with Gasteiger partial charge in [0.1, 0.15) is 11.0 Å². The number of halogens is 1. The standard InChI is InChI=1S/C12H18ClN3O3/c1-15(2)11-8-9(7-10(13)14-11)12(19)16(3-5-17)4-6-18/h7-8,17-18H,3-6H2,1-2H3. The Balaban J connectivity index is 3.02. The number of aliphatic hydroxyl groups excluding tert-OH is 2. The van der Waals surface area contributed by atoms with Crippen molar-refractivity contribution in [1.29, 1.82) is 0 Å². The van der Waals surface area contributed by atoms with Crippen molar-refractivity contribution in [2.24, 2.45) is 0 Å². The highest BCUT2D eigenvalue weighted by atomic mass is 35.5. The number of anilines is 1. The highest BCUT2D eigenvalue weighted by molar-refractivity contribution is 6.29. The number of rotatable bonds is 6. The van der Waals surface area contributed by atoms with Crippen molar-refractivity contribution in [2.45, 2.75) is 0 Å². The van der Waals surface area contributed by atoms with E-state index in [0.717, 1.165) is 0 Å². The first-order valence-electron chi connectivity index (χ1n) is 5.85. The summed E-state index contributed by atoms with van der Waals surface area (Å²) in [5.74, 6) is 0.277. The summed E-state index contributed by atoms with van der Waals surface area (Å²) in [5, 5.41) is 18.1. The molecule has 0 aliphatic rings. The van der Waals surface area contributed by atoms with Gasteiger partial charge in [-0.2, -0.15) is 0 Å². The molecule has 0 radical (unpaired) electrons. The number of carbonyl (C=O) groups is 1. The Morgan fingerprint density at radius 3 is 2.32 bits per heavy atom. The van der Waals surface area contributed by atoms with Gasteiger partial charge < -0.3 is 20.0 Å². The monoisotopic (exact) mass is 287 g/mol. The maximum absolute atomic E-state index is 12.3. The van der Waals surface area contributed by atoms with E-state index < -0.39 is 0 Å². The van der Waals surface area contributed by atoms with Gasteiger partial charge in [0, 0.05) is 32.7 Å².